The summed E-state index contributed by atoms with van der Waals surface area (Å²) in [5.41, 5.74) is 1.75. The Bertz CT molecular complexity index is 1420. The highest BCUT2D eigenvalue weighted by Gasteiger charge is 2.33. The van der Waals surface area contributed by atoms with E-state index in [0.717, 1.165) is 20.6 Å². The van der Waals surface area contributed by atoms with Gasteiger partial charge in [0.1, 0.15) is 12.6 Å². The summed E-state index contributed by atoms with van der Waals surface area (Å²) in [4.78, 5) is 29.2. The Morgan fingerprint density at radius 2 is 1.65 bits per heavy atom. The fourth-order valence-corrected chi connectivity index (χ4v) is 5.63. The Hall–Kier alpha value is -2.59. The van der Waals surface area contributed by atoms with Crippen LogP contribution in [0, 0.1) is 0 Å². The molecule has 0 saturated heterocycles. The average molecular weight is 669 g/mol. The lowest BCUT2D eigenvalue weighted by Crippen LogP contribution is -2.54. The summed E-state index contributed by atoms with van der Waals surface area (Å²) in [5.74, 6) is -0.897. The molecule has 0 aliphatic rings. The van der Waals surface area contributed by atoms with Crippen molar-refractivity contribution in [1.29, 1.82) is 0 Å². The summed E-state index contributed by atoms with van der Waals surface area (Å²) < 4.78 is 27.5. The first-order valence-corrected chi connectivity index (χ1v) is 16.1. The molecule has 0 aliphatic carbocycles. The normalized spacial score (nSPS) is 12.8. The van der Waals surface area contributed by atoms with Crippen molar-refractivity contribution < 1.29 is 18.0 Å². The van der Waals surface area contributed by atoms with Crippen molar-refractivity contribution >= 4 is 66.7 Å². The van der Waals surface area contributed by atoms with Gasteiger partial charge in [0.15, 0.2) is 0 Å². The van der Waals surface area contributed by atoms with Crippen LogP contribution in [0.3, 0.4) is 0 Å². The van der Waals surface area contributed by atoms with Gasteiger partial charge in [0.25, 0.3) is 0 Å². The van der Waals surface area contributed by atoms with Crippen molar-refractivity contribution in [2.45, 2.75) is 45.3 Å². The maximum absolute atomic E-state index is 14.1. The minimum Gasteiger partial charge on any atom is -0.352 e. The van der Waals surface area contributed by atoms with Crippen LogP contribution in [-0.4, -0.2) is 50.0 Å². The molecule has 3 aromatic carbocycles. The lowest BCUT2D eigenvalue weighted by molar-refractivity contribution is -0.140. The average Bonchev–Trinajstić information content (AvgIpc) is 2.90. The molecular formula is C29H32BrCl2N3O4S. The lowest BCUT2D eigenvalue weighted by atomic mass is 10.0. The van der Waals surface area contributed by atoms with E-state index in [0.29, 0.717) is 27.7 Å². The largest absolute Gasteiger partial charge is 0.352 e. The standard InChI is InChI=1S/C29H32BrCl2N3O4S/c1-4-20(2)33-29(37)27(16-21-8-6-5-7-9-21)34(18-22-10-13-24(31)17-26(22)32)28(36)19-35(40(3,38)39)25-14-11-23(30)12-15-25/h5-15,17,20,27H,4,16,18-19H2,1-3H3,(H,33,37)/t20-,27-/m1/s1. The summed E-state index contributed by atoms with van der Waals surface area (Å²) in [6.07, 6.45) is 1.96. The molecule has 0 saturated carbocycles. The Morgan fingerprint density at radius 1 is 1.00 bits per heavy atom. The van der Waals surface area contributed by atoms with Gasteiger partial charge in [-0.05, 0) is 60.9 Å². The fourth-order valence-electron chi connectivity index (χ4n) is 4.05. The van der Waals surface area contributed by atoms with Gasteiger partial charge in [0.05, 0.1) is 11.9 Å². The van der Waals surface area contributed by atoms with Crippen LogP contribution >= 0.6 is 39.1 Å². The molecule has 40 heavy (non-hydrogen) atoms. The number of hydrogen-bond acceptors (Lipinski definition) is 4. The zero-order valence-electron chi connectivity index (χ0n) is 22.5. The van der Waals surface area contributed by atoms with Crippen LogP contribution in [0.15, 0.2) is 77.3 Å². The third-order valence-corrected chi connectivity index (χ3v) is 8.68. The number of rotatable bonds is 12. The highest BCUT2D eigenvalue weighted by atomic mass is 79.9. The van der Waals surface area contributed by atoms with Crippen LogP contribution in [0.2, 0.25) is 10.0 Å². The van der Waals surface area contributed by atoms with E-state index in [1.165, 1.54) is 4.90 Å². The molecule has 0 spiro atoms. The van der Waals surface area contributed by atoms with E-state index in [-0.39, 0.29) is 24.9 Å². The number of anilines is 1. The Kier molecular flexibility index (Phi) is 11.5. The molecule has 0 heterocycles. The van der Waals surface area contributed by atoms with E-state index in [9.17, 15) is 18.0 Å². The van der Waals surface area contributed by atoms with E-state index in [2.05, 4.69) is 21.2 Å². The van der Waals surface area contributed by atoms with Gasteiger partial charge in [-0.3, -0.25) is 13.9 Å². The third kappa shape index (κ3) is 8.96. The zero-order valence-corrected chi connectivity index (χ0v) is 26.4. The van der Waals surface area contributed by atoms with E-state index in [1.807, 2.05) is 44.2 Å². The summed E-state index contributed by atoms with van der Waals surface area (Å²) in [6.45, 7) is 3.31. The van der Waals surface area contributed by atoms with Crippen LogP contribution in [0.4, 0.5) is 5.69 Å². The molecule has 1 N–H and O–H groups in total. The highest BCUT2D eigenvalue weighted by Crippen LogP contribution is 2.26. The molecule has 3 aromatic rings. The van der Waals surface area contributed by atoms with Gasteiger partial charge in [-0.25, -0.2) is 8.42 Å². The first-order valence-electron chi connectivity index (χ1n) is 12.7. The van der Waals surface area contributed by atoms with Crippen molar-refractivity contribution in [1.82, 2.24) is 10.2 Å². The number of carbonyl (C=O) groups is 2. The van der Waals surface area contributed by atoms with Crippen molar-refractivity contribution in [3.63, 3.8) is 0 Å². The zero-order chi connectivity index (χ0) is 29.4. The van der Waals surface area contributed by atoms with Crippen molar-refractivity contribution in [2.75, 3.05) is 17.1 Å². The van der Waals surface area contributed by atoms with Gasteiger partial charge in [0.2, 0.25) is 21.8 Å². The second kappa shape index (κ2) is 14.3. The molecule has 3 rings (SSSR count). The Morgan fingerprint density at radius 3 is 2.23 bits per heavy atom. The topological polar surface area (TPSA) is 86.8 Å². The number of halogens is 3. The monoisotopic (exact) mass is 667 g/mol. The van der Waals surface area contributed by atoms with Crippen LogP contribution in [0.25, 0.3) is 0 Å². The summed E-state index contributed by atoms with van der Waals surface area (Å²) in [6, 6.07) is 19.8. The van der Waals surface area contributed by atoms with Crippen LogP contribution in [-0.2, 0) is 32.6 Å². The molecule has 11 heteroatoms. The minimum atomic E-state index is -3.85. The van der Waals surface area contributed by atoms with Crippen molar-refractivity contribution in [3.8, 4) is 0 Å². The number of nitrogens with zero attached hydrogens (tertiary/aromatic N) is 2. The number of sulfonamides is 1. The predicted octanol–water partition coefficient (Wildman–Crippen LogP) is 6.08. The highest BCUT2D eigenvalue weighted by molar-refractivity contribution is 9.10. The maximum atomic E-state index is 14.1. The molecule has 2 atom stereocenters. The first-order chi connectivity index (χ1) is 18.9. The van der Waals surface area contributed by atoms with Gasteiger partial charge in [-0.15, -0.1) is 0 Å². The quantitative estimate of drug-likeness (QED) is 0.254. The van der Waals surface area contributed by atoms with Gasteiger partial charge >= 0.3 is 0 Å². The number of nitrogens with one attached hydrogen (secondary N) is 1. The van der Waals surface area contributed by atoms with E-state index in [4.69, 9.17) is 23.2 Å². The summed E-state index contributed by atoms with van der Waals surface area (Å²) in [5, 5.41) is 3.76. The molecule has 214 valence electrons. The third-order valence-electron chi connectivity index (χ3n) is 6.42. The fraction of sp³-hybridized carbons (Fsp3) is 0.310. The first kappa shape index (κ1) is 31.9. The molecule has 7 nitrogen and oxygen atoms in total. The Labute approximate surface area is 254 Å². The Balaban J connectivity index is 2.08. The SMILES string of the molecule is CC[C@@H](C)NC(=O)[C@@H](Cc1ccccc1)N(Cc1ccc(Cl)cc1Cl)C(=O)CN(c1ccc(Br)cc1)S(C)(=O)=O. The molecule has 0 bridgehead atoms. The minimum absolute atomic E-state index is 0.0296. The molecule has 0 aliphatic heterocycles. The second-order valence-corrected chi connectivity index (χ2v) is 13.2. The van der Waals surface area contributed by atoms with Gasteiger partial charge in [-0.1, -0.05) is 82.5 Å². The molecule has 0 unspecified atom stereocenters. The molecule has 0 fully saturated rings. The number of hydrogen-bond donors (Lipinski definition) is 1. The maximum Gasteiger partial charge on any atom is 0.244 e. The van der Waals surface area contributed by atoms with Gasteiger partial charge in [0, 0.05) is 33.5 Å². The van der Waals surface area contributed by atoms with Crippen molar-refractivity contribution in [2.24, 2.45) is 0 Å². The predicted molar refractivity (Wildman–Crippen MR) is 165 cm³/mol. The molecular weight excluding hydrogens is 637 g/mol. The van der Waals surface area contributed by atoms with Crippen LogP contribution < -0.4 is 9.62 Å². The number of carbonyl (C=O) groups excluding carboxylic acids is 2. The van der Waals surface area contributed by atoms with E-state index < -0.39 is 28.5 Å². The van der Waals surface area contributed by atoms with E-state index >= 15 is 0 Å². The van der Waals surface area contributed by atoms with Gasteiger partial charge < -0.3 is 10.2 Å². The summed E-state index contributed by atoms with van der Waals surface area (Å²) >= 11 is 15.9. The van der Waals surface area contributed by atoms with Crippen molar-refractivity contribution in [3.05, 3.63) is 98.4 Å². The number of benzene rings is 3. The second-order valence-electron chi connectivity index (χ2n) is 9.53. The smallest absolute Gasteiger partial charge is 0.244 e. The molecule has 0 aromatic heterocycles. The van der Waals surface area contributed by atoms with E-state index in [1.54, 1.807) is 42.5 Å². The number of amides is 2. The molecule has 2 amide bonds. The summed E-state index contributed by atoms with van der Waals surface area (Å²) in [7, 11) is -3.85. The van der Waals surface area contributed by atoms with Gasteiger partial charge in [-0.2, -0.15) is 0 Å². The lowest BCUT2D eigenvalue weighted by Gasteiger charge is -2.34. The molecule has 0 radical (unpaired) electrons. The van der Waals surface area contributed by atoms with Crippen LogP contribution in [0.5, 0.6) is 0 Å². The van der Waals surface area contributed by atoms with Crippen LogP contribution in [0.1, 0.15) is 31.4 Å².